The standard InChI is InChI=1S/C21H26BrN5O2/c1-4-17-15(6-7-22)16(20(28)27-17)12-18-13(2)19(14(3)26-18)21(29)25-11-10-24-9-5-8-23/h4,6,12,24,26H,5,7,9-11H2,1-3H3,(H,25,29)(H,27,28)/b15-6-,16-12-,17-4+. The van der Waals surface area contributed by atoms with Gasteiger partial charge in [0.15, 0.2) is 0 Å². The van der Waals surface area contributed by atoms with Crippen LogP contribution in [0.4, 0.5) is 0 Å². The summed E-state index contributed by atoms with van der Waals surface area (Å²) in [7, 11) is 0. The van der Waals surface area contributed by atoms with Crippen molar-refractivity contribution in [3.05, 3.63) is 51.5 Å². The molecule has 7 nitrogen and oxygen atoms in total. The maximum absolute atomic E-state index is 12.6. The number of amides is 2. The van der Waals surface area contributed by atoms with Crippen LogP contribution in [0.3, 0.4) is 0 Å². The molecule has 0 radical (unpaired) electrons. The normalized spacial score (nSPS) is 17.8. The molecule has 2 rings (SSSR count). The number of aryl methyl sites for hydroxylation is 1. The van der Waals surface area contributed by atoms with E-state index in [-0.39, 0.29) is 11.8 Å². The monoisotopic (exact) mass is 459 g/mol. The molecule has 1 aromatic heterocycles. The van der Waals surface area contributed by atoms with Crippen molar-refractivity contribution >= 4 is 33.8 Å². The first-order chi connectivity index (χ1) is 13.9. The molecule has 2 heterocycles. The Kier molecular flexibility index (Phi) is 8.43. The molecule has 0 atom stereocenters. The van der Waals surface area contributed by atoms with Crippen molar-refractivity contribution in [2.24, 2.45) is 0 Å². The van der Waals surface area contributed by atoms with Crippen LogP contribution in [0, 0.1) is 25.2 Å². The summed E-state index contributed by atoms with van der Waals surface area (Å²) in [5, 5.41) is 18.0. The molecular formula is C21H26BrN5O2. The Morgan fingerprint density at radius 2 is 2.00 bits per heavy atom. The third kappa shape index (κ3) is 5.46. The number of allylic oxidation sites excluding steroid dienone is 3. The fourth-order valence-electron chi connectivity index (χ4n) is 3.22. The number of carbonyl (C=O) groups is 2. The number of alkyl halides is 1. The van der Waals surface area contributed by atoms with Gasteiger partial charge in [0.2, 0.25) is 0 Å². The molecule has 1 aliphatic rings. The number of halogens is 1. The van der Waals surface area contributed by atoms with Crippen LogP contribution < -0.4 is 16.0 Å². The lowest BCUT2D eigenvalue weighted by atomic mass is 10.0. The average molecular weight is 460 g/mol. The topological polar surface area (TPSA) is 110 Å². The molecule has 0 aromatic carbocycles. The van der Waals surface area contributed by atoms with Crippen molar-refractivity contribution in [2.45, 2.75) is 27.2 Å². The predicted molar refractivity (Wildman–Crippen MR) is 117 cm³/mol. The Labute approximate surface area is 179 Å². The number of aromatic amines is 1. The third-order valence-electron chi connectivity index (χ3n) is 4.64. The number of aromatic nitrogens is 1. The molecule has 154 valence electrons. The second-order valence-corrected chi connectivity index (χ2v) is 7.21. The summed E-state index contributed by atoms with van der Waals surface area (Å²) in [4.78, 5) is 28.3. The molecule has 0 bridgehead atoms. The van der Waals surface area contributed by atoms with E-state index < -0.39 is 0 Å². The second kappa shape index (κ2) is 10.8. The van der Waals surface area contributed by atoms with E-state index in [4.69, 9.17) is 5.26 Å². The maximum Gasteiger partial charge on any atom is 0.256 e. The van der Waals surface area contributed by atoms with Gasteiger partial charge >= 0.3 is 0 Å². The minimum atomic E-state index is -0.163. The van der Waals surface area contributed by atoms with Gasteiger partial charge in [0.1, 0.15) is 0 Å². The van der Waals surface area contributed by atoms with Crippen molar-refractivity contribution in [3.63, 3.8) is 0 Å². The number of H-pyrrole nitrogens is 1. The molecule has 1 aliphatic heterocycles. The Bertz CT molecular complexity index is 918. The van der Waals surface area contributed by atoms with Gasteiger partial charge in [-0.3, -0.25) is 9.59 Å². The van der Waals surface area contributed by atoms with Gasteiger partial charge in [-0.2, -0.15) is 5.26 Å². The lowest BCUT2D eigenvalue weighted by molar-refractivity contribution is -0.115. The van der Waals surface area contributed by atoms with Gasteiger partial charge in [-0.05, 0) is 32.4 Å². The summed E-state index contributed by atoms with van der Waals surface area (Å²) in [6, 6.07) is 2.06. The molecule has 0 aliphatic carbocycles. The number of rotatable bonds is 8. The highest BCUT2D eigenvalue weighted by Gasteiger charge is 2.27. The van der Waals surface area contributed by atoms with Crippen molar-refractivity contribution in [1.82, 2.24) is 20.9 Å². The quantitative estimate of drug-likeness (QED) is 0.272. The summed E-state index contributed by atoms with van der Waals surface area (Å²) in [5.41, 5.74) is 5.06. The fraction of sp³-hybridized carbons (Fsp3) is 0.381. The molecule has 0 spiro atoms. The van der Waals surface area contributed by atoms with E-state index in [1.165, 1.54) is 0 Å². The Hall–Kier alpha value is -2.63. The molecule has 1 saturated heterocycles. The summed E-state index contributed by atoms with van der Waals surface area (Å²) in [6.07, 6.45) is 6.04. The lowest BCUT2D eigenvalue weighted by Crippen LogP contribution is -2.32. The van der Waals surface area contributed by atoms with E-state index >= 15 is 0 Å². The van der Waals surface area contributed by atoms with Gasteiger partial charge in [-0.25, -0.2) is 0 Å². The average Bonchev–Trinajstić information content (AvgIpc) is 3.14. The van der Waals surface area contributed by atoms with Crippen LogP contribution in [0.5, 0.6) is 0 Å². The van der Waals surface area contributed by atoms with Gasteiger partial charge in [-0.15, -0.1) is 0 Å². The minimum absolute atomic E-state index is 0.161. The molecule has 0 unspecified atom stereocenters. The van der Waals surface area contributed by atoms with Gasteiger partial charge in [0.05, 0.1) is 17.2 Å². The van der Waals surface area contributed by atoms with Gasteiger partial charge in [0.25, 0.3) is 11.8 Å². The minimum Gasteiger partial charge on any atom is -0.358 e. The number of nitrogens with zero attached hydrogens (tertiary/aromatic N) is 1. The zero-order valence-corrected chi connectivity index (χ0v) is 18.5. The zero-order valence-electron chi connectivity index (χ0n) is 16.9. The van der Waals surface area contributed by atoms with Gasteiger partial charge in [-0.1, -0.05) is 28.1 Å². The second-order valence-electron chi connectivity index (χ2n) is 6.56. The van der Waals surface area contributed by atoms with Crippen LogP contribution in [0.15, 0.2) is 29.0 Å². The van der Waals surface area contributed by atoms with Gasteiger partial charge in [0, 0.05) is 54.0 Å². The van der Waals surface area contributed by atoms with Gasteiger partial charge < -0.3 is 20.9 Å². The SMILES string of the molecule is C/C=C1/NC(=O)C(=C\c2[nH]c(C)c(C(=O)NCCNCCC#N)c2C)/C1=C/CBr. The highest BCUT2D eigenvalue weighted by atomic mass is 79.9. The molecular weight excluding hydrogens is 434 g/mol. The highest BCUT2D eigenvalue weighted by molar-refractivity contribution is 9.09. The van der Waals surface area contributed by atoms with Crippen molar-refractivity contribution < 1.29 is 9.59 Å². The van der Waals surface area contributed by atoms with E-state index in [0.29, 0.717) is 42.5 Å². The van der Waals surface area contributed by atoms with Crippen LogP contribution in [-0.2, 0) is 4.79 Å². The first-order valence-corrected chi connectivity index (χ1v) is 10.6. The Morgan fingerprint density at radius 1 is 1.24 bits per heavy atom. The largest absolute Gasteiger partial charge is 0.358 e. The summed E-state index contributed by atoms with van der Waals surface area (Å²) in [5.74, 6) is -0.323. The van der Waals surface area contributed by atoms with Crippen LogP contribution >= 0.6 is 15.9 Å². The summed E-state index contributed by atoms with van der Waals surface area (Å²) < 4.78 is 0. The lowest BCUT2D eigenvalue weighted by Gasteiger charge is -2.06. The first kappa shape index (κ1) is 22.7. The van der Waals surface area contributed by atoms with Crippen LogP contribution in [0.2, 0.25) is 0 Å². The van der Waals surface area contributed by atoms with Crippen molar-refractivity contribution in [3.8, 4) is 6.07 Å². The molecule has 2 amide bonds. The Balaban J connectivity index is 2.20. The summed E-state index contributed by atoms with van der Waals surface area (Å²) >= 11 is 3.39. The maximum atomic E-state index is 12.6. The third-order valence-corrected chi connectivity index (χ3v) is 4.96. The highest BCUT2D eigenvalue weighted by Crippen LogP contribution is 2.29. The molecule has 0 saturated carbocycles. The number of hydrogen-bond donors (Lipinski definition) is 4. The fourth-order valence-corrected chi connectivity index (χ4v) is 3.54. The van der Waals surface area contributed by atoms with Crippen LogP contribution in [0.1, 0.15) is 40.7 Å². The van der Waals surface area contributed by atoms with E-state index in [9.17, 15) is 9.59 Å². The van der Waals surface area contributed by atoms with Crippen LogP contribution in [-0.4, -0.2) is 41.8 Å². The Morgan fingerprint density at radius 3 is 2.66 bits per heavy atom. The van der Waals surface area contributed by atoms with Crippen molar-refractivity contribution in [2.75, 3.05) is 25.0 Å². The zero-order chi connectivity index (χ0) is 21.4. The molecule has 1 fully saturated rings. The number of nitrogens with one attached hydrogen (secondary N) is 4. The van der Waals surface area contributed by atoms with E-state index in [1.54, 1.807) is 6.08 Å². The number of carbonyl (C=O) groups excluding carboxylic acids is 2. The first-order valence-electron chi connectivity index (χ1n) is 9.45. The van der Waals surface area contributed by atoms with E-state index in [2.05, 4.69) is 42.9 Å². The van der Waals surface area contributed by atoms with Crippen LogP contribution in [0.25, 0.3) is 6.08 Å². The smallest absolute Gasteiger partial charge is 0.256 e. The van der Waals surface area contributed by atoms with E-state index in [0.717, 1.165) is 28.2 Å². The van der Waals surface area contributed by atoms with E-state index in [1.807, 2.05) is 32.9 Å². The molecule has 29 heavy (non-hydrogen) atoms. The number of hydrogen-bond acceptors (Lipinski definition) is 4. The number of nitriles is 1. The summed E-state index contributed by atoms with van der Waals surface area (Å²) in [6.45, 7) is 7.26. The van der Waals surface area contributed by atoms with Crippen molar-refractivity contribution in [1.29, 1.82) is 5.26 Å². The molecule has 8 heteroatoms. The predicted octanol–water partition coefficient (Wildman–Crippen LogP) is 2.60. The molecule has 4 N–H and O–H groups in total. The molecule has 1 aromatic rings.